The molecule has 28 heavy (non-hydrogen) atoms. The summed E-state index contributed by atoms with van der Waals surface area (Å²) in [6.45, 7) is 0. The summed E-state index contributed by atoms with van der Waals surface area (Å²) in [5.41, 5.74) is 5.67. The number of carbonyl (C=O) groups excluding carboxylic acids is 1. The third-order valence-corrected chi connectivity index (χ3v) is 5.45. The molecule has 0 unspecified atom stereocenters. The first-order valence-corrected chi connectivity index (χ1v) is 9.14. The van der Waals surface area contributed by atoms with Crippen molar-refractivity contribution < 1.29 is 14.3 Å². The summed E-state index contributed by atoms with van der Waals surface area (Å²) in [7, 11) is 3.28. The second-order valence-electron chi connectivity index (χ2n) is 6.86. The van der Waals surface area contributed by atoms with E-state index in [1.54, 1.807) is 14.2 Å². The Hall–Kier alpha value is -3.59. The van der Waals surface area contributed by atoms with Gasteiger partial charge in [-0.25, -0.2) is 0 Å². The van der Waals surface area contributed by atoms with E-state index in [2.05, 4.69) is 18.2 Å². The van der Waals surface area contributed by atoms with E-state index < -0.39 is 0 Å². The zero-order valence-corrected chi connectivity index (χ0v) is 15.7. The van der Waals surface area contributed by atoms with Crippen LogP contribution in [-0.2, 0) is 0 Å². The Balaban J connectivity index is 1.79. The van der Waals surface area contributed by atoms with Crippen molar-refractivity contribution in [2.24, 2.45) is 0 Å². The van der Waals surface area contributed by atoms with Gasteiger partial charge in [0.2, 0.25) is 0 Å². The number of fused-ring (bicyclic) bond motifs is 2. The molecule has 0 saturated heterocycles. The normalized spacial score (nSPS) is 12.0. The second kappa shape index (κ2) is 6.24. The van der Waals surface area contributed by atoms with E-state index in [-0.39, 0.29) is 5.78 Å². The molecule has 0 radical (unpaired) electrons. The molecular weight excluding hydrogens is 348 g/mol. The van der Waals surface area contributed by atoms with Crippen LogP contribution in [0.25, 0.3) is 33.0 Å². The van der Waals surface area contributed by atoms with Crippen molar-refractivity contribution in [2.75, 3.05) is 14.2 Å². The Morgan fingerprint density at radius 3 is 2.04 bits per heavy atom. The van der Waals surface area contributed by atoms with Crippen LogP contribution in [0.5, 0.6) is 11.5 Å². The Bertz CT molecular complexity index is 1240. The molecule has 136 valence electrons. The highest BCUT2D eigenvalue weighted by Gasteiger charge is 2.26. The lowest BCUT2D eigenvalue weighted by atomic mass is 9.81. The van der Waals surface area contributed by atoms with Crippen LogP contribution in [0.2, 0.25) is 0 Å². The van der Waals surface area contributed by atoms with Crippen LogP contribution in [0, 0.1) is 0 Å². The molecule has 3 heteroatoms. The van der Waals surface area contributed by atoms with Crippen LogP contribution >= 0.6 is 0 Å². The average Bonchev–Trinajstić information content (AvgIpc) is 2.76. The van der Waals surface area contributed by atoms with Crippen molar-refractivity contribution in [3.63, 3.8) is 0 Å². The summed E-state index contributed by atoms with van der Waals surface area (Å²) in [4.78, 5) is 13.2. The van der Waals surface area contributed by atoms with Crippen LogP contribution in [0.3, 0.4) is 0 Å². The van der Waals surface area contributed by atoms with E-state index in [1.807, 2.05) is 54.6 Å². The highest BCUT2D eigenvalue weighted by atomic mass is 16.5. The molecule has 0 bridgehead atoms. The summed E-state index contributed by atoms with van der Waals surface area (Å²) in [5.74, 6) is 1.56. The molecule has 0 saturated carbocycles. The van der Waals surface area contributed by atoms with Crippen molar-refractivity contribution in [1.82, 2.24) is 0 Å². The van der Waals surface area contributed by atoms with Crippen molar-refractivity contribution in [3.05, 3.63) is 83.9 Å². The number of hydrogen-bond donors (Lipinski definition) is 0. The minimum absolute atomic E-state index is 0.0406. The fourth-order valence-corrected chi connectivity index (χ4v) is 4.06. The van der Waals surface area contributed by atoms with Crippen LogP contribution < -0.4 is 9.47 Å². The Morgan fingerprint density at radius 2 is 1.29 bits per heavy atom. The first-order chi connectivity index (χ1) is 13.7. The summed E-state index contributed by atoms with van der Waals surface area (Å²) in [6.07, 6.45) is 0. The molecule has 1 aliphatic carbocycles. The molecule has 0 N–H and O–H groups in total. The van der Waals surface area contributed by atoms with E-state index in [0.29, 0.717) is 11.3 Å². The minimum atomic E-state index is 0.0406. The van der Waals surface area contributed by atoms with Gasteiger partial charge in [0, 0.05) is 16.5 Å². The molecule has 0 atom stereocenters. The minimum Gasteiger partial charge on any atom is -0.497 e. The zero-order valence-electron chi connectivity index (χ0n) is 15.7. The average molecular weight is 366 g/mol. The van der Waals surface area contributed by atoms with Crippen molar-refractivity contribution >= 4 is 16.6 Å². The van der Waals surface area contributed by atoms with Gasteiger partial charge >= 0.3 is 0 Å². The maximum Gasteiger partial charge on any atom is 0.194 e. The van der Waals surface area contributed by atoms with Crippen molar-refractivity contribution in [1.29, 1.82) is 0 Å². The van der Waals surface area contributed by atoms with Crippen LogP contribution in [0.4, 0.5) is 0 Å². The second-order valence-corrected chi connectivity index (χ2v) is 6.86. The van der Waals surface area contributed by atoms with Crippen LogP contribution in [0.1, 0.15) is 15.9 Å². The summed E-state index contributed by atoms with van der Waals surface area (Å²) >= 11 is 0. The fraction of sp³-hybridized carbons (Fsp3) is 0.0800. The highest BCUT2D eigenvalue weighted by molar-refractivity contribution is 6.27. The molecule has 0 fully saturated rings. The quantitative estimate of drug-likeness (QED) is 0.409. The van der Waals surface area contributed by atoms with E-state index in [9.17, 15) is 4.79 Å². The Kier molecular flexibility index (Phi) is 3.69. The third kappa shape index (κ3) is 2.33. The molecule has 0 amide bonds. The van der Waals surface area contributed by atoms with E-state index in [4.69, 9.17) is 9.47 Å². The summed E-state index contributed by atoms with van der Waals surface area (Å²) in [6, 6.07) is 23.9. The molecule has 5 rings (SSSR count). The molecule has 0 aliphatic heterocycles. The molecular formula is C25H18O3. The Labute approximate surface area is 163 Å². The Morgan fingerprint density at radius 1 is 0.607 bits per heavy atom. The SMILES string of the molecule is COc1ccc(-c2ccc3c4c(cccc24)C(=O)c2cc(OC)ccc2-3)cc1. The molecule has 0 aromatic heterocycles. The van der Waals surface area contributed by atoms with Gasteiger partial charge in [-0.2, -0.15) is 0 Å². The number of benzene rings is 4. The molecule has 4 aromatic rings. The molecule has 0 heterocycles. The van der Waals surface area contributed by atoms with Gasteiger partial charge in [0.15, 0.2) is 5.78 Å². The number of carbonyl (C=O) groups is 1. The van der Waals surface area contributed by atoms with Crippen molar-refractivity contribution in [2.45, 2.75) is 0 Å². The van der Waals surface area contributed by atoms with Crippen LogP contribution in [0.15, 0.2) is 72.8 Å². The predicted molar refractivity (Wildman–Crippen MR) is 111 cm³/mol. The van der Waals surface area contributed by atoms with Gasteiger partial charge in [0.1, 0.15) is 11.5 Å². The van der Waals surface area contributed by atoms with Gasteiger partial charge in [0.25, 0.3) is 0 Å². The van der Waals surface area contributed by atoms with Gasteiger partial charge < -0.3 is 9.47 Å². The number of rotatable bonds is 3. The highest BCUT2D eigenvalue weighted by Crippen LogP contribution is 2.43. The first-order valence-electron chi connectivity index (χ1n) is 9.14. The fourth-order valence-electron chi connectivity index (χ4n) is 4.06. The standard InChI is InChI=1S/C25H18O3/c1-27-16-8-6-15(7-9-16)18-12-13-21-19-11-10-17(28-2)14-23(19)25(26)22-5-3-4-20(18)24(21)22/h3-14H,1-2H3. The van der Waals surface area contributed by atoms with E-state index in [0.717, 1.165) is 44.3 Å². The molecule has 3 nitrogen and oxygen atoms in total. The van der Waals surface area contributed by atoms with Crippen molar-refractivity contribution in [3.8, 4) is 33.8 Å². The topological polar surface area (TPSA) is 35.5 Å². The maximum atomic E-state index is 13.2. The smallest absolute Gasteiger partial charge is 0.194 e. The number of ketones is 1. The third-order valence-electron chi connectivity index (χ3n) is 5.45. The zero-order chi connectivity index (χ0) is 19.3. The summed E-state index contributed by atoms with van der Waals surface area (Å²) < 4.78 is 10.6. The monoisotopic (exact) mass is 366 g/mol. The first kappa shape index (κ1) is 16.6. The van der Waals surface area contributed by atoms with Crippen LogP contribution in [-0.4, -0.2) is 20.0 Å². The number of ether oxygens (including phenoxy) is 2. The lowest BCUT2D eigenvalue weighted by Gasteiger charge is -2.22. The van der Waals surface area contributed by atoms with Gasteiger partial charge in [-0.1, -0.05) is 42.5 Å². The number of methoxy groups -OCH3 is 2. The molecule has 4 aromatic carbocycles. The maximum absolute atomic E-state index is 13.2. The molecule has 1 aliphatic rings. The van der Waals surface area contributed by atoms with E-state index >= 15 is 0 Å². The molecule has 0 spiro atoms. The van der Waals surface area contributed by atoms with Gasteiger partial charge in [0.05, 0.1) is 14.2 Å². The van der Waals surface area contributed by atoms with Gasteiger partial charge in [-0.05, 0) is 58.0 Å². The van der Waals surface area contributed by atoms with E-state index in [1.165, 1.54) is 0 Å². The predicted octanol–water partition coefficient (Wildman–Crippen LogP) is 5.74. The lowest BCUT2D eigenvalue weighted by molar-refractivity contribution is 0.104. The largest absolute Gasteiger partial charge is 0.497 e. The number of hydrogen-bond acceptors (Lipinski definition) is 3. The summed E-state index contributed by atoms with van der Waals surface area (Å²) in [5, 5.41) is 2.09. The van der Waals surface area contributed by atoms with Gasteiger partial charge in [-0.15, -0.1) is 0 Å². The lowest BCUT2D eigenvalue weighted by Crippen LogP contribution is -2.10. The van der Waals surface area contributed by atoms with Gasteiger partial charge in [-0.3, -0.25) is 4.79 Å².